The molecule has 213 valence electrons. The predicted octanol–water partition coefficient (Wildman–Crippen LogP) is 7.75. The van der Waals surface area contributed by atoms with Gasteiger partial charge in [0.1, 0.15) is 0 Å². The molecule has 2 aliphatic heterocycles. The van der Waals surface area contributed by atoms with E-state index in [1.807, 2.05) is 36.3 Å². The Bertz CT molecular complexity index is 517. The first-order valence-corrected chi connectivity index (χ1v) is 26.4. The van der Waals surface area contributed by atoms with E-state index < -0.39 is 32.9 Å². The molecule has 0 fully saturated rings. The first-order valence-electron chi connectivity index (χ1n) is 12.6. The Balaban J connectivity index is -0.000000387. The Morgan fingerprint density at radius 3 is 0.800 bits per heavy atom. The molecule has 0 atom stereocenters. The van der Waals surface area contributed by atoms with Gasteiger partial charge in [0.2, 0.25) is 0 Å². The normalized spacial score (nSPS) is 15.5. The molecule has 6 nitrogen and oxygen atoms in total. The van der Waals surface area contributed by atoms with Gasteiger partial charge in [0.15, 0.2) is 0 Å². The Kier molecular flexibility index (Phi) is 19.7. The van der Waals surface area contributed by atoms with Crippen LogP contribution >= 0.6 is 0 Å². The molecule has 2 aliphatic rings. The van der Waals surface area contributed by atoms with Crippen molar-refractivity contribution in [1.82, 2.24) is 19.6 Å². The van der Waals surface area contributed by atoms with Crippen molar-refractivity contribution in [3.05, 3.63) is 47.4 Å². The first kappa shape index (κ1) is 39.5. The van der Waals surface area contributed by atoms with Crippen molar-refractivity contribution in [3.63, 3.8) is 0 Å². The molecule has 0 bridgehead atoms. The van der Waals surface area contributed by atoms with Gasteiger partial charge in [-0.25, -0.2) is 0 Å². The van der Waals surface area contributed by atoms with Crippen molar-refractivity contribution in [1.29, 1.82) is 0 Å². The van der Waals surface area contributed by atoms with Gasteiger partial charge >= 0.3 is 0 Å². The topological polar surface area (TPSA) is 41.2 Å². The molecule has 0 aromatic rings. The summed E-state index contributed by atoms with van der Waals surface area (Å²) in [6.45, 7) is 38.0. The van der Waals surface area contributed by atoms with Gasteiger partial charge in [-0.15, -0.1) is 0 Å². The van der Waals surface area contributed by atoms with Gasteiger partial charge in [-0.1, -0.05) is 125 Å². The van der Waals surface area contributed by atoms with E-state index in [0.29, 0.717) is 0 Å². The molecule has 0 spiro atoms. The summed E-state index contributed by atoms with van der Waals surface area (Å²) in [6.07, 6.45) is 8.17. The zero-order valence-corrected chi connectivity index (χ0v) is 30.9. The molecule has 0 saturated carbocycles. The minimum Gasteiger partial charge on any atom is -0.668 e. The van der Waals surface area contributed by atoms with Crippen LogP contribution in [0.4, 0.5) is 0 Å². The molecule has 0 aromatic heterocycles. The molecule has 0 saturated heterocycles. The minimum atomic E-state index is -1.11. The van der Waals surface area contributed by atoms with E-state index in [1.165, 1.54) is 0 Å². The predicted molar refractivity (Wildman–Crippen MR) is 167 cm³/mol. The van der Waals surface area contributed by atoms with E-state index >= 15 is 0 Å². The average Bonchev–Trinajstić information content (AvgIpc) is 3.17. The van der Waals surface area contributed by atoms with Crippen molar-refractivity contribution < 1.29 is 16.8 Å². The third-order valence-corrected chi connectivity index (χ3v) is 14.5. The van der Waals surface area contributed by atoms with Gasteiger partial charge in [-0.3, -0.25) is 0 Å². The van der Waals surface area contributed by atoms with E-state index in [1.54, 1.807) is 0 Å². The summed E-state index contributed by atoms with van der Waals surface area (Å²) in [4.78, 5) is 8.31. The summed E-state index contributed by atoms with van der Waals surface area (Å²) in [7, 11) is -0.384. The van der Waals surface area contributed by atoms with E-state index in [4.69, 9.17) is 9.30 Å². The Morgan fingerprint density at radius 2 is 0.743 bits per heavy atom. The monoisotopic (exact) mass is 601 g/mol. The maximum Gasteiger partial charge on any atom is 0 e. The third-order valence-electron chi connectivity index (χ3n) is 3.72. The summed E-state index contributed by atoms with van der Waals surface area (Å²) >= 11 is 0. The van der Waals surface area contributed by atoms with Crippen molar-refractivity contribution in [3.8, 4) is 0 Å². The molecule has 2 rings (SSSR count). The van der Waals surface area contributed by atoms with Crippen molar-refractivity contribution >= 4 is 32.9 Å². The van der Waals surface area contributed by atoms with Crippen LogP contribution in [0.25, 0.3) is 9.30 Å². The Morgan fingerprint density at radius 1 is 0.514 bits per heavy atom. The molecule has 11 heteroatoms. The van der Waals surface area contributed by atoms with Crippen LogP contribution in [-0.2, 0) is 16.8 Å². The van der Waals surface area contributed by atoms with Crippen LogP contribution in [0, 0.1) is 13.3 Å². The summed E-state index contributed by atoms with van der Waals surface area (Å²) in [5.74, 6) is 0. The van der Waals surface area contributed by atoms with Crippen molar-refractivity contribution in [2.75, 3.05) is 27.2 Å². The average molecular weight is 602 g/mol. The second-order valence-corrected chi connectivity index (χ2v) is 31.9. The molecule has 35 heavy (non-hydrogen) atoms. The van der Waals surface area contributed by atoms with E-state index in [0.717, 1.165) is 13.1 Å². The molecular weight excluding hydrogens is 544 g/mol. The van der Waals surface area contributed by atoms with Gasteiger partial charge in [-0.05, 0) is 52.0 Å². The van der Waals surface area contributed by atoms with Crippen LogP contribution in [0.5, 0.6) is 0 Å². The standard InChI is InChI=1S/2C6H11N2.2C6H18NSi2.Co/c2*1-3-8-5-4-7(2)6-8;2*1-8(2,3)7-9(4,5)6;/h2*4-6H,3H2,1-2H3;2*1-6H3;/q4*-1;. The zero-order valence-electron chi connectivity index (χ0n) is 25.9. The SMILES string of the molecule is CCN1C=CN(C)[CH-]1.CCN1C=CN(C)[CH-]1.C[Si](C)(C)[N-][Si](C)(C)C.C[Si](C)(C)[N-][Si](C)(C)C.[Co]. The van der Waals surface area contributed by atoms with Crippen LogP contribution < -0.4 is 0 Å². The zero-order chi connectivity index (χ0) is 27.4. The van der Waals surface area contributed by atoms with E-state index in [2.05, 4.69) is 128 Å². The van der Waals surface area contributed by atoms with Crippen LogP contribution in [0.2, 0.25) is 78.6 Å². The number of nitrogens with zero attached hydrogens (tertiary/aromatic N) is 6. The van der Waals surface area contributed by atoms with Crippen molar-refractivity contribution in [2.24, 2.45) is 0 Å². The fourth-order valence-electron chi connectivity index (χ4n) is 3.39. The van der Waals surface area contributed by atoms with E-state index in [9.17, 15) is 0 Å². The van der Waals surface area contributed by atoms with Gasteiger partial charge in [0, 0.05) is 16.8 Å². The molecule has 0 N–H and O–H groups in total. The number of rotatable bonds is 6. The molecule has 0 unspecified atom stereocenters. The fraction of sp³-hybridized carbons (Fsp3) is 0.750. The third kappa shape index (κ3) is 30.1. The van der Waals surface area contributed by atoms with Gasteiger partial charge in [0.25, 0.3) is 0 Å². The molecule has 0 amide bonds. The van der Waals surface area contributed by atoms with Gasteiger partial charge in [-0.2, -0.15) is 13.3 Å². The maximum atomic E-state index is 4.82. The fourth-order valence-corrected chi connectivity index (χ4v) is 19.5. The van der Waals surface area contributed by atoms with Gasteiger partial charge < -0.3 is 28.9 Å². The van der Waals surface area contributed by atoms with Crippen LogP contribution in [-0.4, -0.2) is 79.7 Å². The molecule has 2 heterocycles. The summed E-state index contributed by atoms with van der Waals surface area (Å²) < 4.78 is 9.64. The second-order valence-electron chi connectivity index (χ2n) is 12.7. The van der Waals surface area contributed by atoms with Crippen LogP contribution in [0.1, 0.15) is 13.8 Å². The maximum absolute atomic E-state index is 4.82. The van der Waals surface area contributed by atoms with Crippen molar-refractivity contribution in [2.45, 2.75) is 92.4 Å². The molecule has 1 radical (unpaired) electrons. The number of hydrogen-bond donors (Lipinski definition) is 0. The number of hydrogen-bond acceptors (Lipinski definition) is 4. The van der Waals surface area contributed by atoms with E-state index in [-0.39, 0.29) is 16.8 Å². The molecule has 0 aromatic carbocycles. The summed E-state index contributed by atoms with van der Waals surface area (Å²) in [5.41, 5.74) is 0. The molecular formula is C24H58CoN6Si4-4. The summed E-state index contributed by atoms with van der Waals surface area (Å²) in [5, 5.41) is 0. The van der Waals surface area contributed by atoms with Gasteiger partial charge in [0.05, 0.1) is 0 Å². The first-order chi connectivity index (χ1) is 15.1. The second kappa shape index (κ2) is 17.5. The smallest absolute Gasteiger partial charge is 0 e. The Labute approximate surface area is 235 Å². The molecule has 0 aliphatic carbocycles. The largest absolute Gasteiger partial charge is 0.668 e. The summed E-state index contributed by atoms with van der Waals surface area (Å²) in [6, 6.07) is 0. The quantitative estimate of drug-likeness (QED) is 0.231. The van der Waals surface area contributed by atoms with Crippen LogP contribution in [0.3, 0.4) is 0 Å². The Hall–Kier alpha value is -0.0260. The minimum absolute atomic E-state index is 0. The van der Waals surface area contributed by atoms with Crippen LogP contribution in [0.15, 0.2) is 24.8 Å².